The number of nitrogens with one attached hydrogen (secondary N) is 2. The molecular formula is C12H15IN2O4S. The molecular weight excluding hydrogens is 395 g/mol. The topological polar surface area (TPSA) is 95.5 Å². The van der Waals surface area contributed by atoms with Crippen LogP contribution in [0, 0.1) is 3.57 Å². The van der Waals surface area contributed by atoms with Gasteiger partial charge < -0.3 is 15.7 Å². The lowest BCUT2D eigenvalue weighted by molar-refractivity contribution is 0.0698. The molecule has 0 heterocycles. The molecule has 0 aliphatic heterocycles. The van der Waals surface area contributed by atoms with Crippen LogP contribution in [-0.2, 0) is 10.8 Å². The van der Waals surface area contributed by atoms with Gasteiger partial charge in [-0.1, -0.05) is 0 Å². The molecule has 0 fully saturated rings. The van der Waals surface area contributed by atoms with Gasteiger partial charge in [0.05, 0.1) is 11.3 Å². The Kier molecular flexibility index (Phi) is 6.93. The van der Waals surface area contributed by atoms with Crippen LogP contribution in [0.2, 0.25) is 0 Å². The molecule has 0 spiro atoms. The highest BCUT2D eigenvalue weighted by Gasteiger charge is 2.12. The highest BCUT2D eigenvalue weighted by Crippen LogP contribution is 2.18. The minimum Gasteiger partial charge on any atom is -0.478 e. The maximum absolute atomic E-state index is 11.6. The number of benzene rings is 1. The molecule has 0 aliphatic rings. The zero-order chi connectivity index (χ0) is 15.1. The summed E-state index contributed by atoms with van der Waals surface area (Å²) in [5.41, 5.74) is 0.288. The molecule has 8 heteroatoms. The Labute approximate surface area is 132 Å². The predicted molar refractivity (Wildman–Crippen MR) is 86.7 cm³/mol. The van der Waals surface area contributed by atoms with Crippen LogP contribution in [0.4, 0.5) is 10.5 Å². The third kappa shape index (κ3) is 5.87. The molecule has 0 aromatic heterocycles. The van der Waals surface area contributed by atoms with Crippen LogP contribution in [0.1, 0.15) is 16.8 Å². The van der Waals surface area contributed by atoms with Gasteiger partial charge in [0.1, 0.15) is 0 Å². The minimum atomic E-state index is -1.10. The zero-order valence-corrected chi connectivity index (χ0v) is 13.8. The first-order valence-electron chi connectivity index (χ1n) is 5.78. The Morgan fingerprint density at radius 3 is 2.70 bits per heavy atom. The number of halogens is 1. The molecule has 110 valence electrons. The molecule has 0 bridgehead atoms. The Morgan fingerprint density at radius 1 is 1.40 bits per heavy atom. The molecule has 3 N–H and O–H groups in total. The van der Waals surface area contributed by atoms with E-state index in [2.05, 4.69) is 10.6 Å². The lowest BCUT2D eigenvalue weighted by Gasteiger charge is -2.10. The quantitative estimate of drug-likeness (QED) is 0.493. The van der Waals surface area contributed by atoms with Gasteiger partial charge >= 0.3 is 12.0 Å². The van der Waals surface area contributed by atoms with Crippen LogP contribution < -0.4 is 10.6 Å². The molecule has 1 unspecified atom stereocenters. The van der Waals surface area contributed by atoms with Gasteiger partial charge in [-0.15, -0.1) is 0 Å². The van der Waals surface area contributed by atoms with E-state index in [9.17, 15) is 13.8 Å². The first-order valence-corrected chi connectivity index (χ1v) is 8.58. The van der Waals surface area contributed by atoms with E-state index < -0.39 is 22.8 Å². The number of urea groups is 1. The largest absolute Gasteiger partial charge is 0.478 e. The van der Waals surface area contributed by atoms with E-state index in [1.54, 1.807) is 18.4 Å². The molecule has 20 heavy (non-hydrogen) atoms. The van der Waals surface area contributed by atoms with Gasteiger partial charge in [-0.2, -0.15) is 0 Å². The fourth-order valence-corrected chi connectivity index (χ4v) is 2.49. The van der Waals surface area contributed by atoms with E-state index in [1.807, 2.05) is 22.6 Å². The second-order valence-corrected chi connectivity index (χ2v) is 6.81. The zero-order valence-electron chi connectivity index (χ0n) is 10.8. The van der Waals surface area contributed by atoms with Crippen molar-refractivity contribution >= 4 is 51.1 Å². The van der Waals surface area contributed by atoms with Crippen LogP contribution in [0.15, 0.2) is 18.2 Å². The Hall–Kier alpha value is -1.16. The number of aromatic carboxylic acids is 1. The summed E-state index contributed by atoms with van der Waals surface area (Å²) in [4.78, 5) is 22.7. The molecule has 1 aromatic rings. The van der Waals surface area contributed by atoms with E-state index in [0.717, 1.165) is 3.57 Å². The van der Waals surface area contributed by atoms with Crippen molar-refractivity contribution in [1.82, 2.24) is 5.32 Å². The molecule has 1 aromatic carbocycles. The lowest BCUT2D eigenvalue weighted by atomic mass is 10.2. The predicted octanol–water partition coefficient (Wildman–Crippen LogP) is 1.88. The maximum atomic E-state index is 11.6. The summed E-state index contributed by atoms with van der Waals surface area (Å²) in [5.74, 6) is -0.579. The SMILES string of the molecule is CS(=O)CCCNC(=O)Nc1ccc(I)cc1C(=O)O. The fraction of sp³-hybridized carbons (Fsp3) is 0.333. The van der Waals surface area contributed by atoms with Crippen molar-refractivity contribution < 1.29 is 18.9 Å². The number of amides is 2. The van der Waals surface area contributed by atoms with Gasteiger partial charge in [0.15, 0.2) is 0 Å². The van der Waals surface area contributed by atoms with E-state index >= 15 is 0 Å². The van der Waals surface area contributed by atoms with Crippen molar-refractivity contribution in [3.8, 4) is 0 Å². The van der Waals surface area contributed by atoms with Crippen LogP contribution in [0.3, 0.4) is 0 Å². The number of hydrogen-bond donors (Lipinski definition) is 3. The smallest absolute Gasteiger partial charge is 0.337 e. The number of rotatable bonds is 6. The highest BCUT2D eigenvalue weighted by molar-refractivity contribution is 14.1. The van der Waals surface area contributed by atoms with Crippen molar-refractivity contribution in [1.29, 1.82) is 0 Å². The van der Waals surface area contributed by atoms with Crippen molar-refractivity contribution in [3.63, 3.8) is 0 Å². The second-order valence-electron chi connectivity index (χ2n) is 4.01. The third-order valence-corrected chi connectivity index (χ3v) is 3.89. The van der Waals surface area contributed by atoms with Gasteiger partial charge in [-0.25, -0.2) is 9.59 Å². The van der Waals surface area contributed by atoms with E-state index in [-0.39, 0.29) is 11.3 Å². The molecule has 0 radical (unpaired) electrons. The normalized spacial score (nSPS) is 11.7. The summed E-state index contributed by atoms with van der Waals surface area (Å²) < 4.78 is 11.6. The summed E-state index contributed by atoms with van der Waals surface area (Å²) in [7, 11) is -0.881. The van der Waals surface area contributed by atoms with Gasteiger partial charge in [0.25, 0.3) is 0 Å². The van der Waals surface area contributed by atoms with Crippen molar-refractivity contribution in [2.24, 2.45) is 0 Å². The summed E-state index contributed by atoms with van der Waals surface area (Å²) in [6.07, 6.45) is 2.21. The first-order chi connectivity index (χ1) is 9.40. The molecule has 6 nitrogen and oxygen atoms in total. The van der Waals surface area contributed by atoms with E-state index in [4.69, 9.17) is 5.11 Å². The van der Waals surface area contributed by atoms with Gasteiger partial charge in [0, 0.05) is 32.9 Å². The number of carbonyl (C=O) groups is 2. The van der Waals surface area contributed by atoms with Crippen LogP contribution in [0.25, 0.3) is 0 Å². The van der Waals surface area contributed by atoms with Gasteiger partial charge in [-0.05, 0) is 47.2 Å². The molecule has 1 rings (SSSR count). The summed E-state index contributed by atoms with van der Waals surface area (Å²) in [6, 6.07) is 4.27. The molecule has 2 amide bonds. The number of carboxylic acids is 1. The van der Waals surface area contributed by atoms with E-state index in [1.165, 1.54) is 6.07 Å². The Balaban J connectivity index is 2.57. The van der Waals surface area contributed by atoms with Crippen LogP contribution in [-0.4, -0.2) is 39.9 Å². The summed E-state index contributed by atoms with van der Waals surface area (Å²) in [5, 5.41) is 14.2. The standard InChI is InChI=1S/C12H15IN2O4S/c1-20(19)6-2-5-14-12(18)15-10-4-3-8(13)7-9(10)11(16)17/h3-4,7H,2,5-6H2,1H3,(H,16,17)(H2,14,15,18). The van der Waals surface area contributed by atoms with Crippen molar-refractivity contribution in [2.45, 2.75) is 6.42 Å². The molecule has 1 atom stereocenters. The monoisotopic (exact) mass is 410 g/mol. The van der Waals surface area contributed by atoms with Crippen molar-refractivity contribution in [3.05, 3.63) is 27.3 Å². The minimum absolute atomic E-state index is 0.0433. The third-order valence-electron chi connectivity index (χ3n) is 2.35. The molecule has 0 saturated heterocycles. The van der Waals surface area contributed by atoms with Gasteiger partial charge in [-0.3, -0.25) is 4.21 Å². The number of anilines is 1. The summed E-state index contributed by atoms with van der Waals surface area (Å²) in [6.45, 7) is 0.387. The lowest BCUT2D eigenvalue weighted by Crippen LogP contribution is -2.30. The number of carbonyl (C=O) groups excluding carboxylic acids is 1. The second kappa shape index (κ2) is 8.20. The van der Waals surface area contributed by atoms with Crippen LogP contribution in [0.5, 0.6) is 0 Å². The Morgan fingerprint density at radius 2 is 2.10 bits per heavy atom. The fourth-order valence-electron chi connectivity index (χ4n) is 1.45. The molecule has 0 saturated carbocycles. The molecule has 0 aliphatic carbocycles. The average molecular weight is 410 g/mol. The number of carboxylic acid groups (broad SMARTS) is 1. The first kappa shape index (κ1) is 16.9. The maximum Gasteiger partial charge on any atom is 0.337 e. The Bertz CT molecular complexity index is 536. The van der Waals surface area contributed by atoms with Crippen molar-refractivity contribution in [2.75, 3.05) is 23.9 Å². The number of hydrogen-bond acceptors (Lipinski definition) is 3. The summed E-state index contributed by atoms with van der Waals surface area (Å²) >= 11 is 2.00. The van der Waals surface area contributed by atoms with Crippen LogP contribution >= 0.6 is 22.6 Å². The highest BCUT2D eigenvalue weighted by atomic mass is 127. The van der Waals surface area contributed by atoms with E-state index in [0.29, 0.717) is 18.7 Å². The van der Waals surface area contributed by atoms with Gasteiger partial charge in [0.2, 0.25) is 0 Å². The average Bonchev–Trinajstić information content (AvgIpc) is 2.36.